The predicted molar refractivity (Wildman–Crippen MR) is 118 cm³/mol. The molecule has 11 heteroatoms. The van der Waals surface area contributed by atoms with Crippen LogP contribution >= 0.6 is 0 Å². The number of rotatable bonds is 13. The van der Waals surface area contributed by atoms with Gasteiger partial charge in [0, 0.05) is 23.5 Å². The van der Waals surface area contributed by atoms with Gasteiger partial charge in [-0.05, 0) is 37.4 Å². The molecule has 0 bridgehead atoms. The predicted octanol–water partition coefficient (Wildman–Crippen LogP) is -1.03. The van der Waals surface area contributed by atoms with E-state index in [0.29, 0.717) is 19.4 Å². The summed E-state index contributed by atoms with van der Waals surface area (Å²) in [5.41, 5.74) is 12.5. The zero-order valence-corrected chi connectivity index (χ0v) is 17.7. The summed E-state index contributed by atoms with van der Waals surface area (Å²) < 4.78 is 0. The summed E-state index contributed by atoms with van der Waals surface area (Å²) >= 11 is 0. The van der Waals surface area contributed by atoms with Gasteiger partial charge in [0.1, 0.15) is 12.1 Å². The van der Waals surface area contributed by atoms with E-state index in [1.54, 1.807) is 6.20 Å². The number of carboxylic acids is 1. The molecule has 0 aliphatic carbocycles. The van der Waals surface area contributed by atoms with Crippen molar-refractivity contribution >= 4 is 34.6 Å². The molecule has 0 radical (unpaired) electrons. The smallest absolute Gasteiger partial charge is 0.326 e. The molecule has 1 heterocycles. The minimum atomic E-state index is -1.16. The Balaban J connectivity index is 1.99. The van der Waals surface area contributed by atoms with Crippen LogP contribution in [0.5, 0.6) is 0 Å². The van der Waals surface area contributed by atoms with Gasteiger partial charge in [0.05, 0.1) is 13.1 Å². The minimum absolute atomic E-state index is 0.181. The zero-order valence-electron chi connectivity index (χ0n) is 17.7. The minimum Gasteiger partial charge on any atom is -0.480 e. The molecule has 9 N–H and O–H groups in total. The second kappa shape index (κ2) is 12.4. The van der Waals surface area contributed by atoms with Crippen LogP contribution in [0, 0.1) is 0 Å². The number of carboxylic acid groups (broad SMARTS) is 1. The number of carbonyl (C=O) groups excluding carboxylic acids is 3. The number of hydrogen-bond acceptors (Lipinski definition) is 6. The molecule has 0 aliphatic heterocycles. The van der Waals surface area contributed by atoms with Gasteiger partial charge in [-0.3, -0.25) is 14.4 Å². The van der Waals surface area contributed by atoms with Gasteiger partial charge in [-0.1, -0.05) is 18.2 Å². The first-order chi connectivity index (χ1) is 15.3. The van der Waals surface area contributed by atoms with Gasteiger partial charge in [0.2, 0.25) is 17.7 Å². The summed E-state index contributed by atoms with van der Waals surface area (Å²) in [4.78, 5) is 51.1. The second-order valence-corrected chi connectivity index (χ2v) is 7.35. The number of H-pyrrole nitrogens is 1. The van der Waals surface area contributed by atoms with E-state index >= 15 is 0 Å². The summed E-state index contributed by atoms with van der Waals surface area (Å²) in [6, 6.07) is 5.50. The van der Waals surface area contributed by atoms with Gasteiger partial charge in [0.15, 0.2) is 0 Å². The van der Waals surface area contributed by atoms with Crippen LogP contribution in [-0.4, -0.2) is 65.5 Å². The Morgan fingerprint density at radius 1 is 1.00 bits per heavy atom. The topological polar surface area (TPSA) is 192 Å². The van der Waals surface area contributed by atoms with E-state index in [0.717, 1.165) is 16.5 Å². The highest BCUT2D eigenvalue weighted by Crippen LogP contribution is 2.19. The number of nitrogens with one attached hydrogen (secondary N) is 4. The molecule has 32 heavy (non-hydrogen) atoms. The lowest BCUT2D eigenvalue weighted by Gasteiger charge is -2.19. The quantitative estimate of drug-likeness (QED) is 0.191. The fraction of sp³-hybridized carbons (Fsp3) is 0.429. The number of fused-ring (bicyclic) bond motifs is 1. The number of para-hydroxylation sites is 1. The standard InChI is InChI=1S/C21H30N6O5/c22-8-4-3-7-16(21(31)32)26-19(29)12-25-20(30)17(27-18(28)10-23)9-13-11-24-15-6-2-1-5-14(13)15/h1-2,5-6,11,16-17,24H,3-4,7-10,12,22-23H2,(H,25,30)(H,26,29)(H,27,28)(H,31,32). The molecule has 0 saturated heterocycles. The van der Waals surface area contributed by atoms with E-state index in [9.17, 15) is 24.3 Å². The largest absolute Gasteiger partial charge is 0.480 e. The van der Waals surface area contributed by atoms with E-state index in [2.05, 4.69) is 20.9 Å². The van der Waals surface area contributed by atoms with E-state index in [1.807, 2.05) is 24.3 Å². The van der Waals surface area contributed by atoms with Crippen molar-refractivity contribution in [2.45, 2.75) is 37.8 Å². The summed E-state index contributed by atoms with van der Waals surface area (Å²) in [6.07, 6.45) is 3.37. The summed E-state index contributed by atoms with van der Waals surface area (Å²) in [7, 11) is 0. The second-order valence-electron chi connectivity index (χ2n) is 7.35. The van der Waals surface area contributed by atoms with Crippen molar-refractivity contribution in [3.8, 4) is 0 Å². The van der Waals surface area contributed by atoms with Crippen molar-refractivity contribution in [3.05, 3.63) is 36.0 Å². The molecule has 0 saturated carbocycles. The summed E-state index contributed by atoms with van der Waals surface area (Å²) in [6.45, 7) is -0.285. The van der Waals surface area contributed by atoms with Crippen LogP contribution in [0.15, 0.2) is 30.5 Å². The molecule has 174 valence electrons. The molecule has 3 amide bonds. The highest BCUT2D eigenvalue weighted by atomic mass is 16.4. The third kappa shape index (κ3) is 7.36. The fourth-order valence-electron chi connectivity index (χ4n) is 3.27. The van der Waals surface area contributed by atoms with Crippen LogP contribution in [0.4, 0.5) is 0 Å². The Labute approximate surface area is 185 Å². The zero-order chi connectivity index (χ0) is 23.5. The Kier molecular flexibility index (Phi) is 9.64. The molecule has 1 aromatic carbocycles. The maximum atomic E-state index is 12.7. The lowest BCUT2D eigenvalue weighted by atomic mass is 10.0. The first-order valence-corrected chi connectivity index (χ1v) is 10.4. The molecule has 2 unspecified atom stereocenters. The Bertz CT molecular complexity index is 944. The molecule has 0 fully saturated rings. The number of benzene rings is 1. The van der Waals surface area contributed by atoms with E-state index in [4.69, 9.17) is 11.5 Å². The molecule has 0 spiro atoms. The van der Waals surface area contributed by atoms with Crippen LogP contribution in [-0.2, 0) is 25.6 Å². The first kappa shape index (κ1) is 24.8. The Hall–Kier alpha value is -3.44. The van der Waals surface area contributed by atoms with Gasteiger partial charge >= 0.3 is 5.97 Å². The number of unbranched alkanes of at least 4 members (excludes halogenated alkanes) is 1. The molecule has 2 atom stereocenters. The summed E-state index contributed by atoms with van der Waals surface area (Å²) in [5, 5.41) is 17.6. The van der Waals surface area contributed by atoms with Crippen LogP contribution < -0.4 is 27.4 Å². The normalized spacial score (nSPS) is 12.7. The fourth-order valence-corrected chi connectivity index (χ4v) is 3.27. The van der Waals surface area contributed by atoms with Crippen LogP contribution in [0.1, 0.15) is 24.8 Å². The average Bonchev–Trinajstić information content (AvgIpc) is 3.19. The molecule has 11 nitrogen and oxygen atoms in total. The van der Waals surface area contributed by atoms with E-state index < -0.39 is 42.3 Å². The number of amides is 3. The highest BCUT2D eigenvalue weighted by molar-refractivity contribution is 5.93. The number of nitrogens with two attached hydrogens (primary N) is 2. The van der Waals surface area contributed by atoms with Crippen LogP contribution in [0.2, 0.25) is 0 Å². The SMILES string of the molecule is NCCCCC(NC(=O)CNC(=O)C(Cc1c[nH]c2ccccc12)NC(=O)CN)C(=O)O. The van der Waals surface area contributed by atoms with Crippen molar-refractivity contribution in [1.82, 2.24) is 20.9 Å². The van der Waals surface area contributed by atoms with Crippen LogP contribution in [0.25, 0.3) is 10.9 Å². The lowest BCUT2D eigenvalue weighted by molar-refractivity contribution is -0.142. The monoisotopic (exact) mass is 446 g/mol. The average molecular weight is 447 g/mol. The molecule has 1 aromatic heterocycles. The number of aromatic nitrogens is 1. The van der Waals surface area contributed by atoms with Gasteiger partial charge in [-0.2, -0.15) is 0 Å². The number of aromatic amines is 1. The van der Waals surface area contributed by atoms with E-state index in [1.165, 1.54) is 0 Å². The van der Waals surface area contributed by atoms with Gasteiger partial charge < -0.3 is 37.5 Å². The van der Waals surface area contributed by atoms with Gasteiger partial charge in [0.25, 0.3) is 0 Å². The number of hydrogen-bond donors (Lipinski definition) is 7. The van der Waals surface area contributed by atoms with Crippen molar-refractivity contribution < 1.29 is 24.3 Å². The maximum absolute atomic E-state index is 12.7. The Morgan fingerprint density at radius 2 is 1.72 bits per heavy atom. The summed E-state index contributed by atoms with van der Waals surface area (Å²) in [5.74, 6) is -2.90. The molecule has 2 aromatic rings. The first-order valence-electron chi connectivity index (χ1n) is 10.4. The van der Waals surface area contributed by atoms with Gasteiger partial charge in [-0.15, -0.1) is 0 Å². The molecule has 2 rings (SSSR count). The van der Waals surface area contributed by atoms with E-state index in [-0.39, 0.29) is 19.4 Å². The van der Waals surface area contributed by atoms with Crippen molar-refractivity contribution in [3.63, 3.8) is 0 Å². The van der Waals surface area contributed by atoms with Crippen molar-refractivity contribution in [2.75, 3.05) is 19.6 Å². The highest BCUT2D eigenvalue weighted by Gasteiger charge is 2.24. The van der Waals surface area contributed by atoms with Gasteiger partial charge in [-0.25, -0.2) is 4.79 Å². The van der Waals surface area contributed by atoms with Crippen LogP contribution in [0.3, 0.4) is 0 Å². The third-order valence-corrected chi connectivity index (χ3v) is 4.94. The number of aliphatic carboxylic acids is 1. The number of carbonyl (C=O) groups is 4. The molecular formula is C21H30N6O5. The molecular weight excluding hydrogens is 416 g/mol. The lowest BCUT2D eigenvalue weighted by Crippen LogP contribution is -2.52. The molecule has 0 aliphatic rings. The third-order valence-electron chi connectivity index (χ3n) is 4.94. The van der Waals surface area contributed by atoms with Crippen molar-refractivity contribution in [2.24, 2.45) is 11.5 Å². The van der Waals surface area contributed by atoms with Crippen molar-refractivity contribution in [1.29, 1.82) is 0 Å². The Morgan fingerprint density at radius 3 is 2.41 bits per heavy atom. The maximum Gasteiger partial charge on any atom is 0.326 e.